The molecule has 1 heterocycles. The van der Waals surface area contributed by atoms with E-state index in [1.54, 1.807) is 0 Å². The molecule has 4 nitrogen and oxygen atoms in total. The highest BCUT2D eigenvalue weighted by atomic mass is 16.5. The molecule has 0 bridgehead atoms. The van der Waals surface area contributed by atoms with Gasteiger partial charge in [-0.3, -0.25) is 4.79 Å². The molecule has 0 fully saturated rings. The topological polar surface area (TPSA) is 45.3 Å². The minimum absolute atomic E-state index is 0.131. The summed E-state index contributed by atoms with van der Waals surface area (Å²) in [6.45, 7) is 3.66. The molecule has 1 aromatic heterocycles. The van der Waals surface area contributed by atoms with Crippen LogP contribution >= 0.6 is 0 Å². The van der Waals surface area contributed by atoms with Gasteiger partial charge in [-0.1, -0.05) is 31.9 Å². The average molecular weight is 316 g/mol. The number of ether oxygens (including phenoxy) is 1. The molecule has 0 unspecified atom stereocenters. The number of likely N-dealkylation sites (N-methyl/N-ethyl adjacent to an activating group) is 1. The molecule has 1 aromatic carbocycles. The highest BCUT2D eigenvalue weighted by Gasteiger charge is 2.12. The first-order chi connectivity index (χ1) is 11.1. The third-order valence-corrected chi connectivity index (χ3v) is 4.05. The average Bonchev–Trinajstić information content (AvgIpc) is 2.94. The summed E-state index contributed by atoms with van der Waals surface area (Å²) in [5, 5.41) is 1.18. The second-order valence-corrected chi connectivity index (χ2v) is 6.31. The second-order valence-electron chi connectivity index (χ2n) is 6.31. The molecule has 0 radical (unpaired) electrons. The number of benzene rings is 1. The van der Waals surface area contributed by atoms with Crippen molar-refractivity contribution in [2.45, 2.75) is 39.0 Å². The van der Waals surface area contributed by atoms with E-state index in [-0.39, 0.29) is 5.97 Å². The second kappa shape index (κ2) is 8.73. The first-order valence-corrected chi connectivity index (χ1v) is 8.50. The summed E-state index contributed by atoms with van der Waals surface area (Å²) in [6.07, 6.45) is 6.56. The van der Waals surface area contributed by atoms with E-state index in [0.29, 0.717) is 13.0 Å². The van der Waals surface area contributed by atoms with Crippen molar-refractivity contribution in [1.82, 2.24) is 9.88 Å². The van der Waals surface area contributed by atoms with Crippen molar-refractivity contribution in [1.29, 1.82) is 0 Å². The van der Waals surface area contributed by atoms with E-state index < -0.39 is 0 Å². The number of rotatable bonds is 9. The lowest BCUT2D eigenvalue weighted by molar-refractivity contribution is -0.142. The Morgan fingerprint density at radius 1 is 1.22 bits per heavy atom. The van der Waals surface area contributed by atoms with Gasteiger partial charge in [-0.05, 0) is 44.1 Å². The van der Waals surface area contributed by atoms with Gasteiger partial charge in [0.1, 0.15) is 0 Å². The van der Waals surface area contributed by atoms with Crippen LogP contribution in [0.1, 0.15) is 37.3 Å². The Labute approximate surface area is 138 Å². The predicted molar refractivity (Wildman–Crippen MR) is 94.7 cm³/mol. The lowest BCUT2D eigenvalue weighted by Gasteiger charge is -2.10. The molecular formula is C19H28N2O2. The number of nitrogens with zero attached hydrogens (tertiary/aromatic N) is 1. The predicted octanol–water partition coefficient (Wildman–Crippen LogP) is 3.55. The van der Waals surface area contributed by atoms with Gasteiger partial charge in [0, 0.05) is 23.6 Å². The van der Waals surface area contributed by atoms with E-state index in [1.807, 2.05) is 12.1 Å². The van der Waals surface area contributed by atoms with Gasteiger partial charge in [0.05, 0.1) is 13.0 Å². The Hall–Kier alpha value is -1.81. The summed E-state index contributed by atoms with van der Waals surface area (Å²) in [7, 11) is 4.15. The molecule has 0 aliphatic heterocycles. The van der Waals surface area contributed by atoms with E-state index >= 15 is 0 Å². The normalized spacial score (nSPS) is 11.3. The van der Waals surface area contributed by atoms with Crippen LogP contribution in [0.3, 0.4) is 0 Å². The van der Waals surface area contributed by atoms with Crippen molar-refractivity contribution in [3.63, 3.8) is 0 Å². The Bertz CT molecular complexity index is 631. The van der Waals surface area contributed by atoms with Crippen molar-refractivity contribution in [2.75, 3.05) is 27.2 Å². The summed E-state index contributed by atoms with van der Waals surface area (Å²) in [6, 6.07) is 6.08. The van der Waals surface area contributed by atoms with Gasteiger partial charge in [0.25, 0.3) is 0 Å². The Morgan fingerprint density at radius 2 is 2.04 bits per heavy atom. The van der Waals surface area contributed by atoms with Crippen LogP contribution in [0.5, 0.6) is 0 Å². The number of hydrogen-bond donors (Lipinski definition) is 1. The first-order valence-electron chi connectivity index (χ1n) is 8.50. The Balaban J connectivity index is 2.07. The summed E-state index contributed by atoms with van der Waals surface area (Å²) >= 11 is 0. The fourth-order valence-electron chi connectivity index (χ4n) is 2.77. The fourth-order valence-corrected chi connectivity index (χ4v) is 2.77. The highest BCUT2D eigenvalue weighted by molar-refractivity contribution is 5.90. The third-order valence-electron chi connectivity index (χ3n) is 4.05. The highest BCUT2D eigenvalue weighted by Crippen LogP contribution is 2.24. The molecule has 4 heteroatoms. The maximum Gasteiger partial charge on any atom is 0.310 e. The van der Waals surface area contributed by atoms with Gasteiger partial charge >= 0.3 is 5.97 Å². The number of carbonyl (C=O) groups is 1. The molecule has 0 amide bonds. The van der Waals surface area contributed by atoms with Crippen LogP contribution in [0.15, 0.2) is 24.4 Å². The molecule has 0 aliphatic rings. The lowest BCUT2D eigenvalue weighted by Crippen LogP contribution is -2.15. The molecule has 0 saturated carbocycles. The molecule has 2 rings (SSSR count). The molecule has 0 aliphatic carbocycles. The van der Waals surface area contributed by atoms with Gasteiger partial charge in [0.2, 0.25) is 0 Å². The van der Waals surface area contributed by atoms with Gasteiger partial charge in [-0.15, -0.1) is 0 Å². The van der Waals surface area contributed by atoms with Crippen molar-refractivity contribution in [2.24, 2.45) is 0 Å². The number of aromatic amines is 1. The van der Waals surface area contributed by atoms with Gasteiger partial charge in [0.15, 0.2) is 0 Å². The lowest BCUT2D eigenvalue weighted by atomic mass is 10.0. The number of unbranched alkanes of at least 4 members (excludes halogenated alkanes) is 2. The molecule has 2 aromatic rings. The molecule has 0 saturated heterocycles. The SMILES string of the molecule is CCCCCOC(=O)Cc1cccc2[nH]cc(CCN(C)C)c12. The summed E-state index contributed by atoms with van der Waals surface area (Å²) in [5.41, 5.74) is 3.41. The van der Waals surface area contributed by atoms with Crippen LogP contribution < -0.4 is 0 Å². The van der Waals surface area contributed by atoms with Crippen LogP contribution in [-0.4, -0.2) is 43.1 Å². The molecule has 0 atom stereocenters. The number of fused-ring (bicyclic) bond motifs is 1. The zero-order valence-corrected chi connectivity index (χ0v) is 14.5. The monoisotopic (exact) mass is 316 g/mol. The zero-order valence-electron chi connectivity index (χ0n) is 14.5. The molecule has 0 spiro atoms. The third kappa shape index (κ3) is 5.10. The fraction of sp³-hybridized carbons (Fsp3) is 0.526. The minimum atomic E-state index is -0.131. The summed E-state index contributed by atoms with van der Waals surface area (Å²) in [5.74, 6) is -0.131. The van der Waals surface area contributed by atoms with Gasteiger partial charge in [-0.2, -0.15) is 0 Å². The van der Waals surface area contributed by atoms with E-state index in [4.69, 9.17) is 4.74 Å². The number of H-pyrrole nitrogens is 1. The zero-order chi connectivity index (χ0) is 16.7. The van der Waals surface area contributed by atoms with Crippen LogP contribution in [-0.2, 0) is 22.4 Å². The van der Waals surface area contributed by atoms with Crippen LogP contribution in [0.2, 0.25) is 0 Å². The number of carbonyl (C=O) groups excluding carboxylic acids is 1. The summed E-state index contributed by atoms with van der Waals surface area (Å²) in [4.78, 5) is 17.6. The maximum absolute atomic E-state index is 12.1. The largest absolute Gasteiger partial charge is 0.465 e. The number of esters is 1. The van der Waals surface area contributed by atoms with Gasteiger partial charge < -0.3 is 14.6 Å². The van der Waals surface area contributed by atoms with E-state index in [1.165, 1.54) is 10.9 Å². The maximum atomic E-state index is 12.1. The number of hydrogen-bond acceptors (Lipinski definition) is 3. The van der Waals surface area contributed by atoms with Crippen LogP contribution in [0, 0.1) is 0 Å². The van der Waals surface area contributed by atoms with Crippen molar-refractivity contribution >= 4 is 16.9 Å². The first kappa shape index (κ1) is 17.5. The number of nitrogens with one attached hydrogen (secondary N) is 1. The van der Waals surface area contributed by atoms with Crippen LogP contribution in [0.25, 0.3) is 10.9 Å². The van der Waals surface area contributed by atoms with Gasteiger partial charge in [-0.25, -0.2) is 0 Å². The summed E-state index contributed by atoms with van der Waals surface area (Å²) < 4.78 is 5.35. The standard InChI is InChI=1S/C19H28N2O2/c1-4-5-6-12-23-18(22)13-15-8-7-9-17-19(15)16(14-20-17)10-11-21(2)3/h7-9,14,20H,4-6,10-13H2,1-3H3. The van der Waals surface area contributed by atoms with Crippen molar-refractivity contribution < 1.29 is 9.53 Å². The van der Waals surface area contributed by atoms with Crippen LogP contribution in [0.4, 0.5) is 0 Å². The number of aromatic nitrogens is 1. The van der Waals surface area contributed by atoms with Crippen molar-refractivity contribution in [3.8, 4) is 0 Å². The quantitative estimate of drug-likeness (QED) is 0.568. The van der Waals surface area contributed by atoms with E-state index in [0.717, 1.165) is 43.3 Å². The molecular weight excluding hydrogens is 288 g/mol. The molecule has 1 N–H and O–H groups in total. The molecule has 23 heavy (non-hydrogen) atoms. The molecule has 126 valence electrons. The smallest absolute Gasteiger partial charge is 0.310 e. The minimum Gasteiger partial charge on any atom is -0.465 e. The van der Waals surface area contributed by atoms with E-state index in [2.05, 4.69) is 43.2 Å². The Morgan fingerprint density at radius 3 is 2.78 bits per heavy atom. The van der Waals surface area contributed by atoms with E-state index in [9.17, 15) is 4.79 Å². The Kier molecular flexibility index (Phi) is 6.66. The van der Waals surface area contributed by atoms with Crippen molar-refractivity contribution in [3.05, 3.63) is 35.5 Å².